The summed E-state index contributed by atoms with van der Waals surface area (Å²) in [6.45, 7) is 8.51. The van der Waals surface area contributed by atoms with Gasteiger partial charge in [0, 0.05) is 46.8 Å². The van der Waals surface area contributed by atoms with Crippen molar-refractivity contribution in [1.29, 1.82) is 0 Å². The molecular weight excluding hydrogens is 480 g/mol. The molecule has 38 heavy (non-hydrogen) atoms. The molecule has 0 aliphatic carbocycles. The second-order valence-corrected chi connectivity index (χ2v) is 11.1. The van der Waals surface area contributed by atoms with Gasteiger partial charge in [-0.2, -0.15) is 0 Å². The van der Waals surface area contributed by atoms with Gasteiger partial charge in [0.25, 0.3) is 0 Å². The van der Waals surface area contributed by atoms with Gasteiger partial charge in [-0.1, -0.05) is 90.9 Å². The molecule has 0 aromatic carbocycles. The van der Waals surface area contributed by atoms with Gasteiger partial charge in [0.15, 0.2) is 0 Å². The van der Waals surface area contributed by atoms with E-state index in [4.69, 9.17) is 14.2 Å². The Kier molecular flexibility index (Phi) is 27.9. The van der Waals surface area contributed by atoms with Crippen LogP contribution in [0.3, 0.4) is 0 Å². The van der Waals surface area contributed by atoms with E-state index >= 15 is 0 Å². The van der Waals surface area contributed by atoms with E-state index in [0.29, 0.717) is 45.8 Å². The normalized spacial score (nSPS) is 12.8. The Balaban J connectivity index is 3.42. The summed E-state index contributed by atoms with van der Waals surface area (Å²) in [4.78, 5) is 23.6. The van der Waals surface area contributed by atoms with Crippen LogP contribution in [-0.4, -0.2) is 65.6 Å². The minimum absolute atomic E-state index is 0.136. The highest BCUT2D eigenvalue weighted by Gasteiger charge is 2.06. The van der Waals surface area contributed by atoms with E-state index in [0.717, 1.165) is 50.5 Å². The average Bonchev–Trinajstić information content (AvgIpc) is 2.90. The van der Waals surface area contributed by atoms with E-state index in [1.165, 1.54) is 64.2 Å². The van der Waals surface area contributed by atoms with Crippen LogP contribution >= 0.6 is 0 Å². The predicted molar refractivity (Wildman–Crippen MR) is 157 cm³/mol. The fourth-order valence-corrected chi connectivity index (χ4v) is 4.67. The van der Waals surface area contributed by atoms with Gasteiger partial charge < -0.3 is 24.8 Å². The zero-order valence-corrected chi connectivity index (χ0v) is 25.5. The molecule has 0 aliphatic rings. The van der Waals surface area contributed by atoms with Crippen LogP contribution in [0.15, 0.2) is 0 Å². The molecule has 0 saturated carbocycles. The number of nitrogens with one attached hydrogen (secondary N) is 2. The Morgan fingerprint density at radius 3 is 1.47 bits per heavy atom. The number of hydrogen-bond donors (Lipinski definition) is 2. The molecule has 0 rings (SSSR count). The minimum Gasteiger partial charge on any atom is -0.385 e. The molecule has 0 bridgehead atoms. The van der Waals surface area contributed by atoms with Crippen LogP contribution < -0.4 is 10.6 Å². The Hall–Kier alpha value is -1.18. The van der Waals surface area contributed by atoms with Crippen LogP contribution in [0.2, 0.25) is 0 Å². The molecule has 0 aromatic rings. The van der Waals surface area contributed by atoms with Gasteiger partial charge in [-0.15, -0.1) is 0 Å². The summed E-state index contributed by atoms with van der Waals surface area (Å²) in [5, 5.41) is 5.87. The zero-order chi connectivity index (χ0) is 28.1. The number of carbonyl (C=O) groups excluding carboxylic acids is 2. The molecule has 2 amide bonds. The van der Waals surface area contributed by atoms with Gasteiger partial charge in [0.1, 0.15) is 0 Å². The summed E-state index contributed by atoms with van der Waals surface area (Å²) in [5.41, 5.74) is 0. The van der Waals surface area contributed by atoms with E-state index in [2.05, 4.69) is 24.5 Å². The highest BCUT2D eigenvalue weighted by Crippen LogP contribution is 2.21. The Bertz CT molecular complexity index is 532. The van der Waals surface area contributed by atoms with Crippen LogP contribution in [0, 0.1) is 11.8 Å². The second-order valence-electron chi connectivity index (χ2n) is 11.1. The van der Waals surface area contributed by atoms with E-state index in [-0.39, 0.29) is 11.8 Å². The van der Waals surface area contributed by atoms with Crippen molar-refractivity contribution >= 4 is 11.8 Å². The van der Waals surface area contributed by atoms with Gasteiger partial charge in [0.2, 0.25) is 11.8 Å². The largest absolute Gasteiger partial charge is 0.385 e. The summed E-state index contributed by atoms with van der Waals surface area (Å²) < 4.78 is 15.3. The molecule has 0 fully saturated rings. The Morgan fingerprint density at radius 2 is 0.974 bits per heavy atom. The van der Waals surface area contributed by atoms with E-state index in [1.807, 2.05) is 0 Å². The van der Waals surface area contributed by atoms with Crippen LogP contribution in [0.4, 0.5) is 0 Å². The topological polar surface area (TPSA) is 85.9 Å². The van der Waals surface area contributed by atoms with Crippen molar-refractivity contribution < 1.29 is 23.8 Å². The van der Waals surface area contributed by atoms with Crippen molar-refractivity contribution in [1.82, 2.24) is 10.6 Å². The summed E-state index contributed by atoms with van der Waals surface area (Å²) >= 11 is 0. The van der Waals surface area contributed by atoms with E-state index in [1.54, 1.807) is 14.2 Å². The third-order valence-corrected chi connectivity index (χ3v) is 7.19. The van der Waals surface area contributed by atoms with E-state index < -0.39 is 0 Å². The molecule has 2 N–H and O–H groups in total. The molecule has 2 unspecified atom stereocenters. The van der Waals surface area contributed by atoms with Crippen molar-refractivity contribution in [2.75, 3.05) is 53.7 Å². The maximum atomic E-state index is 11.8. The summed E-state index contributed by atoms with van der Waals surface area (Å²) in [7, 11) is 3.34. The molecule has 0 spiro atoms. The lowest BCUT2D eigenvalue weighted by Gasteiger charge is -2.14. The molecule has 7 nitrogen and oxygen atoms in total. The molecule has 7 heteroatoms. The third-order valence-electron chi connectivity index (χ3n) is 7.19. The lowest BCUT2D eigenvalue weighted by molar-refractivity contribution is -0.122. The number of ether oxygens (including phenoxy) is 3. The lowest BCUT2D eigenvalue weighted by Crippen LogP contribution is -2.27. The predicted octanol–water partition coefficient (Wildman–Crippen LogP) is 6.43. The number of amides is 2. The molecule has 0 heterocycles. The van der Waals surface area contributed by atoms with Crippen molar-refractivity contribution in [2.45, 2.75) is 123 Å². The first-order valence-electron chi connectivity index (χ1n) is 15.6. The number of methoxy groups -OCH3 is 2. The summed E-state index contributed by atoms with van der Waals surface area (Å²) in [6, 6.07) is 0. The van der Waals surface area contributed by atoms with Gasteiger partial charge in [-0.25, -0.2) is 0 Å². The van der Waals surface area contributed by atoms with Crippen molar-refractivity contribution in [3.8, 4) is 0 Å². The first-order valence-corrected chi connectivity index (χ1v) is 15.6. The van der Waals surface area contributed by atoms with Gasteiger partial charge in [0.05, 0.1) is 19.8 Å². The molecule has 2 atom stereocenters. The molecule has 0 saturated heterocycles. The number of rotatable bonds is 29. The van der Waals surface area contributed by atoms with Crippen LogP contribution in [0.5, 0.6) is 0 Å². The first-order chi connectivity index (χ1) is 18.5. The lowest BCUT2D eigenvalue weighted by atomic mass is 9.93. The first kappa shape index (κ1) is 36.8. The van der Waals surface area contributed by atoms with Crippen molar-refractivity contribution in [2.24, 2.45) is 11.8 Å². The monoisotopic (exact) mass is 542 g/mol. The van der Waals surface area contributed by atoms with Crippen LogP contribution in [0.1, 0.15) is 123 Å². The summed E-state index contributed by atoms with van der Waals surface area (Å²) in [5.74, 6) is 1.94. The molecule has 0 aromatic heterocycles. The number of hydrogen-bond acceptors (Lipinski definition) is 5. The fraction of sp³-hybridized carbons (Fsp3) is 0.935. The number of unbranched alkanes of at least 4 members (excludes halogenated alkanes) is 7. The van der Waals surface area contributed by atoms with Crippen molar-refractivity contribution in [3.05, 3.63) is 0 Å². The van der Waals surface area contributed by atoms with Crippen LogP contribution in [-0.2, 0) is 23.8 Å². The van der Waals surface area contributed by atoms with Gasteiger partial charge in [-0.05, 0) is 31.1 Å². The van der Waals surface area contributed by atoms with Crippen molar-refractivity contribution in [3.63, 3.8) is 0 Å². The van der Waals surface area contributed by atoms with E-state index in [9.17, 15) is 9.59 Å². The van der Waals surface area contributed by atoms with Gasteiger partial charge >= 0.3 is 0 Å². The molecule has 226 valence electrons. The maximum absolute atomic E-state index is 11.8. The highest BCUT2D eigenvalue weighted by molar-refractivity contribution is 5.76. The second kappa shape index (κ2) is 28.8. The maximum Gasteiger partial charge on any atom is 0.220 e. The summed E-state index contributed by atoms with van der Waals surface area (Å²) in [6.07, 6.45) is 19.5. The molecule has 0 aliphatic heterocycles. The third kappa shape index (κ3) is 27.8. The Labute approximate surface area is 234 Å². The highest BCUT2D eigenvalue weighted by atomic mass is 16.5. The fourth-order valence-electron chi connectivity index (χ4n) is 4.67. The smallest absolute Gasteiger partial charge is 0.220 e. The molecular formula is C31H62N2O5. The average molecular weight is 543 g/mol. The van der Waals surface area contributed by atoms with Crippen LogP contribution in [0.25, 0.3) is 0 Å². The minimum atomic E-state index is 0.136. The molecule has 0 radical (unpaired) electrons. The van der Waals surface area contributed by atoms with Gasteiger partial charge in [-0.3, -0.25) is 9.59 Å². The Morgan fingerprint density at radius 1 is 0.526 bits per heavy atom. The quantitative estimate of drug-likeness (QED) is 0.106. The standard InChI is InChI=1S/C31H62N2O5/c1-28(16-9-5-7-11-20-30(34)32-22-15-24-36-3)18-13-14-19-29(2)17-10-6-8-12-21-31(35)33-23-25-38-27-26-37-4/h28-29H,5-27H2,1-4H3,(H,32,34)(H,33,35). The zero-order valence-electron chi connectivity index (χ0n) is 25.5. The SMILES string of the molecule is COCCCNC(=O)CCCCCCC(C)CCCCC(C)CCCCCCC(=O)NCCOCCOC. The number of carbonyl (C=O) groups is 2.